The fourth-order valence-electron chi connectivity index (χ4n) is 4.24. The smallest absolute Gasteiger partial charge is 0.362 e. The van der Waals surface area contributed by atoms with Crippen LogP contribution in [-0.2, 0) is 15.8 Å². The molecule has 0 saturated heterocycles. The van der Waals surface area contributed by atoms with Gasteiger partial charge >= 0.3 is 6.18 Å². The lowest BCUT2D eigenvalue weighted by atomic mass is 9.75. The van der Waals surface area contributed by atoms with Gasteiger partial charge in [-0.3, -0.25) is 9.59 Å². The maximum absolute atomic E-state index is 13.3. The second-order valence-electron chi connectivity index (χ2n) is 7.85. The van der Waals surface area contributed by atoms with E-state index < -0.39 is 23.6 Å². The number of Topliss-reactive ketones (excluding diaryl/α,β-unsaturated/α-hetero) is 1. The van der Waals surface area contributed by atoms with Gasteiger partial charge in [-0.1, -0.05) is 29.8 Å². The van der Waals surface area contributed by atoms with Crippen molar-refractivity contribution >= 4 is 29.0 Å². The normalized spacial score (nSPS) is 18.9. The Hall–Kier alpha value is -3.06. The molecule has 1 atom stereocenters. The number of alkyl halides is 3. The third kappa shape index (κ3) is 4.30. The van der Waals surface area contributed by atoms with Crippen molar-refractivity contribution in [3.8, 4) is 0 Å². The molecule has 2 N–H and O–H groups in total. The standard InChI is InChI=1S/C24H20ClF3N2O2/c1-13-20(23(32)30-17-5-2-4-15(12-17)24(26,27)28)21(14-8-10-16(25)11-9-14)22-18(29-13)6-3-7-19(22)31/h2,4-5,8-12,21,29H,3,6-7H2,1H3,(H,30,32)/t21-/m0/s1. The van der Waals surface area contributed by atoms with Crippen LogP contribution in [0.25, 0.3) is 0 Å². The zero-order valence-electron chi connectivity index (χ0n) is 17.1. The molecule has 0 unspecified atom stereocenters. The number of carbonyl (C=O) groups excluding carboxylic acids is 2. The SMILES string of the molecule is CC1=C(C(=O)Nc2cccc(C(F)(F)F)c2)[C@H](c2ccc(Cl)cc2)C2=C(CCCC2=O)N1. The van der Waals surface area contributed by atoms with Gasteiger partial charge in [0, 0.05) is 45.6 Å². The van der Waals surface area contributed by atoms with E-state index in [4.69, 9.17) is 11.6 Å². The molecule has 1 heterocycles. The van der Waals surface area contributed by atoms with Crippen LogP contribution >= 0.6 is 11.6 Å². The van der Waals surface area contributed by atoms with Gasteiger partial charge in [-0.15, -0.1) is 0 Å². The number of halogens is 4. The largest absolute Gasteiger partial charge is 0.416 e. The Kier molecular flexibility index (Phi) is 5.86. The minimum atomic E-state index is -4.53. The highest BCUT2D eigenvalue weighted by Gasteiger charge is 2.38. The van der Waals surface area contributed by atoms with Gasteiger partial charge in [-0.25, -0.2) is 0 Å². The minimum absolute atomic E-state index is 0.0229. The number of hydrogen-bond acceptors (Lipinski definition) is 3. The fourth-order valence-corrected chi connectivity index (χ4v) is 4.37. The molecular formula is C24H20ClF3N2O2. The number of hydrogen-bond donors (Lipinski definition) is 2. The van der Waals surface area contributed by atoms with Gasteiger partial charge in [0.05, 0.1) is 5.56 Å². The molecule has 2 aliphatic rings. The second kappa shape index (κ2) is 8.47. The Morgan fingerprint density at radius 2 is 1.84 bits per heavy atom. The van der Waals surface area contributed by atoms with Gasteiger partial charge in [0.1, 0.15) is 0 Å². The highest BCUT2D eigenvalue weighted by atomic mass is 35.5. The van der Waals surface area contributed by atoms with E-state index in [1.165, 1.54) is 12.1 Å². The van der Waals surface area contributed by atoms with Crippen molar-refractivity contribution < 1.29 is 22.8 Å². The lowest BCUT2D eigenvalue weighted by Gasteiger charge is -2.34. The van der Waals surface area contributed by atoms with E-state index >= 15 is 0 Å². The summed E-state index contributed by atoms with van der Waals surface area (Å²) in [4.78, 5) is 26.2. The molecule has 1 amide bonds. The van der Waals surface area contributed by atoms with Gasteiger partial charge < -0.3 is 10.6 Å². The molecule has 8 heteroatoms. The average Bonchev–Trinajstić information content (AvgIpc) is 2.73. The molecule has 2 aromatic carbocycles. The van der Waals surface area contributed by atoms with Crippen LogP contribution in [0.5, 0.6) is 0 Å². The number of ketones is 1. The third-order valence-electron chi connectivity index (χ3n) is 5.67. The zero-order chi connectivity index (χ0) is 23.0. The van der Waals surface area contributed by atoms with Gasteiger partial charge in [0.2, 0.25) is 0 Å². The number of anilines is 1. The quantitative estimate of drug-likeness (QED) is 0.593. The van der Waals surface area contributed by atoms with Crippen LogP contribution in [0.4, 0.5) is 18.9 Å². The van der Waals surface area contributed by atoms with E-state index in [0.717, 1.165) is 24.3 Å². The van der Waals surface area contributed by atoms with Crippen molar-refractivity contribution in [2.75, 3.05) is 5.32 Å². The van der Waals surface area contributed by atoms with Crippen LogP contribution in [0.3, 0.4) is 0 Å². The Bertz CT molecular complexity index is 1150. The topological polar surface area (TPSA) is 58.2 Å². The van der Waals surface area contributed by atoms with Crippen LogP contribution in [0, 0.1) is 0 Å². The molecular weight excluding hydrogens is 441 g/mol. The zero-order valence-corrected chi connectivity index (χ0v) is 17.9. The summed E-state index contributed by atoms with van der Waals surface area (Å²) in [6, 6.07) is 11.3. The van der Waals surface area contributed by atoms with Crippen LogP contribution in [0.2, 0.25) is 5.02 Å². The molecule has 166 valence electrons. The number of nitrogens with one attached hydrogen (secondary N) is 2. The van der Waals surface area contributed by atoms with E-state index in [9.17, 15) is 22.8 Å². The molecule has 0 fully saturated rings. The lowest BCUT2D eigenvalue weighted by Crippen LogP contribution is -2.35. The second-order valence-corrected chi connectivity index (χ2v) is 8.29. The molecule has 0 radical (unpaired) electrons. The summed E-state index contributed by atoms with van der Waals surface area (Å²) in [6.07, 6.45) is -2.74. The predicted octanol–water partition coefficient (Wildman–Crippen LogP) is 5.97. The minimum Gasteiger partial charge on any atom is -0.362 e. The molecule has 4 nitrogen and oxygen atoms in total. The molecule has 0 aromatic heterocycles. The van der Waals surface area contributed by atoms with Gasteiger partial charge in [-0.2, -0.15) is 13.2 Å². The maximum Gasteiger partial charge on any atom is 0.416 e. The Labute approximate surface area is 188 Å². The molecule has 32 heavy (non-hydrogen) atoms. The van der Waals surface area contributed by atoms with Crippen molar-refractivity contribution in [1.82, 2.24) is 5.32 Å². The van der Waals surface area contributed by atoms with E-state index in [1.807, 2.05) is 0 Å². The molecule has 0 spiro atoms. The Morgan fingerprint density at radius 1 is 1.12 bits per heavy atom. The third-order valence-corrected chi connectivity index (χ3v) is 5.92. The highest BCUT2D eigenvalue weighted by molar-refractivity contribution is 6.30. The molecule has 2 aromatic rings. The summed E-state index contributed by atoms with van der Waals surface area (Å²) in [6.45, 7) is 1.73. The van der Waals surface area contributed by atoms with Crippen molar-refractivity contribution in [3.05, 3.63) is 87.2 Å². The monoisotopic (exact) mass is 460 g/mol. The summed E-state index contributed by atoms with van der Waals surface area (Å²) in [7, 11) is 0. The Balaban J connectivity index is 1.75. The maximum atomic E-state index is 13.3. The predicted molar refractivity (Wildman–Crippen MR) is 116 cm³/mol. The lowest BCUT2D eigenvalue weighted by molar-refractivity contribution is -0.137. The molecule has 1 aliphatic carbocycles. The first-order valence-corrected chi connectivity index (χ1v) is 10.5. The number of carbonyl (C=O) groups is 2. The first kappa shape index (κ1) is 22.1. The molecule has 1 aliphatic heterocycles. The number of rotatable bonds is 3. The van der Waals surface area contributed by atoms with E-state index in [-0.39, 0.29) is 11.5 Å². The van der Waals surface area contributed by atoms with Crippen LogP contribution in [-0.4, -0.2) is 11.7 Å². The summed E-state index contributed by atoms with van der Waals surface area (Å²) in [5.41, 5.74) is 2.04. The molecule has 4 rings (SSSR count). The van der Waals surface area contributed by atoms with Gasteiger partial charge in [-0.05, 0) is 55.7 Å². The summed E-state index contributed by atoms with van der Waals surface area (Å²) >= 11 is 6.03. The van der Waals surface area contributed by atoms with Crippen molar-refractivity contribution in [1.29, 1.82) is 0 Å². The van der Waals surface area contributed by atoms with Gasteiger partial charge in [0.25, 0.3) is 5.91 Å². The van der Waals surface area contributed by atoms with Crippen LogP contribution < -0.4 is 10.6 Å². The van der Waals surface area contributed by atoms with Crippen LogP contribution in [0.15, 0.2) is 71.1 Å². The van der Waals surface area contributed by atoms with Crippen LogP contribution in [0.1, 0.15) is 43.2 Å². The average molecular weight is 461 g/mol. The van der Waals surface area contributed by atoms with Crippen molar-refractivity contribution in [3.63, 3.8) is 0 Å². The highest BCUT2D eigenvalue weighted by Crippen LogP contribution is 2.42. The summed E-state index contributed by atoms with van der Waals surface area (Å²) in [5, 5.41) is 6.28. The van der Waals surface area contributed by atoms with E-state index in [2.05, 4.69) is 10.6 Å². The molecule has 0 bridgehead atoms. The molecule has 0 saturated carbocycles. The number of allylic oxidation sites excluding steroid dienone is 3. The summed E-state index contributed by atoms with van der Waals surface area (Å²) in [5.74, 6) is -1.25. The van der Waals surface area contributed by atoms with E-state index in [0.29, 0.717) is 40.3 Å². The Morgan fingerprint density at radius 3 is 2.53 bits per heavy atom. The number of dihydropyridines is 1. The first-order valence-electron chi connectivity index (χ1n) is 10.1. The van der Waals surface area contributed by atoms with Crippen molar-refractivity contribution in [2.24, 2.45) is 0 Å². The fraction of sp³-hybridized carbons (Fsp3) is 0.250. The summed E-state index contributed by atoms with van der Waals surface area (Å²) < 4.78 is 39.2. The number of benzene rings is 2. The number of amides is 1. The van der Waals surface area contributed by atoms with Gasteiger partial charge in [0.15, 0.2) is 5.78 Å². The first-order chi connectivity index (χ1) is 15.1. The van der Waals surface area contributed by atoms with E-state index in [1.54, 1.807) is 31.2 Å². The van der Waals surface area contributed by atoms with Crippen molar-refractivity contribution in [2.45, 2.75) is 38.3 Å².